The second-order valence-corrected chi connectivity index (χ2v) is 8.55. The molecule has 2 N–H and O–H groups in total. The molecule has 0 saturated heterocycles. The number of hydrogen-bond donors (Lipinski definition) is 1. The summed E-state index contributed by atoms with van der Waals surface area (Å²) in [5.74, 6) is 2.57. The average Bonchev–Trinajstić information content (AvgIpc) is 2.76. The molecule has 0 aromatic heterocycles. The number of carbonyl (C=O) groups is 1. The standard InChI is InChI=1S/C19H29NO/c1-18-11-10-15-13(14(18)8-9-16(18)20)7-6-12-4-3-5-17(21)19(12,15)2/h6,13-16H,3-5,7-11,20H2,1-2H3/t13-,14-,15-,16-,18-,19-/m0/s1. The maximum Gasteiger partial charge on any atom is 0.143 e. The Morgan fingerprint density at radius 2 is 1.95 bits per heavy atom. The van der Waals surface area contributed by atoms with Crippen LogP contribution < -0.4 is 5.73 Å². The van der Waals surface area contributed by atoms with Crippen LogP contribution in [0, 0.1) is 28.6 Å². The molecule has 0 amide bonds. The van der Waals surface area contributed by atoms with Crippen LogP contribution in [0.5, 0.6) is 0 Å². The van der Waals surface area contributed by atoms with Gasteiger partial charge in [0.25, 0.3) is 0 Å². The third-order valence-electron chi connectivity index (χ3n) is 7.98. The Morgan fingerprint density at radius 1 is 1.14 bits per heavy atom. The summed E-state index contributed by atoms with van der Waals surface area (Å²) in [4.78, 5) is 12.8. The van der Waals surface area contributed by atoms with Crippen molar-refractivity contribution in [1.29, 1.82) is 0 Å². The fraction of sp³-hybridized carbons (Fsp3) is 0.842. The summed E-state index contributed by atoms with van der Waals surface area (Å²) in [5, 5.41) is 0. The highest BCUT2D eigenvalue weighted by molar-refractivity contribution is 5.89. The smallest absolute Gasteiger partial charge is 0.143 e. The van der Waals surface area contributed by atoms with Crippen LogP contribution in [0.1, 0.15) is 65.2 Å². The average molecular weight is 287 g/mol. The molecule has 2 nitrogen and oxygen atoms in total. The number of nitrogens with two attached hydrogens (primary N) is 1. The van der Waals surface area contributed by atoms with Gasteiger partial charge in [0.05, 0.1) is 5.41 Å². The van der Waals surface area contributed by atoms with Gasteiger partial charge >= 0.3 is 0 Å². The van der Waals surface area contributed by atoms with Gasteiger partial charge in [0, 0.05) is 12.5 Å². The van der Waals surface area contributed by atoms with Gasteiger partial charge in [0.15, 0.2) is 0 Å². The molecule has 2 heteroatoms. The molecule has 21 heavy (non-hydrogen) atoms. The van der Waals surface area contributed by atoms with E-state index in [-0.39, 0.29) is 5.41 Å². The molecular formula is C19H29NO. The highest BCUT2D eigenvalue weighted by Gasteiger charge is 2.59. The van der Waals surface area contributed by atoms with Gasteiger partial charge in [-0.1, -0.05) is 18.6 Å². The highest BCUT2D eigenvalue weighted by Crippen LogP contribution is 2.63. The van der Waals surface area contributed by atoms with Gasteiger partial charge in [-0.2, -0.15) is 0 Å². The molecule has 0 unspecified atom stereocenters. The number of hydrogen-bond acceptors (Lipinski definition) is 2. The first kappa shape index (κ1) is 14.0. The van der Waals surface area contributed by atoms with Crippen molar-refractivity contribution in [3.8, 4) is 0 Å². The van der Waals surface area contributed by atoms with E-state index in [0.717, 1.165) is 25.2 Å². The van der Waals surface area contributed by atoms with E-state index in [4.69, 9.17) is 5.73 Å². The Labute approximate surface area is 128 Å². The normalized spacial score (nSPS) is 52.7. The molecular weight excluding hydrogens is 258 g/mol. The summed E-state index contributed by atoms with van der Waals surface area (Å²) in [6, 6.07) is 0.378. The van der Waals surface area contributed by atoms with Crippen LogP contribution in [0.25, 0.3) is 0 Å². The van der Waals surface area contributed by atoms with Crippen molar-refractivity contribution in [1.82, 2.24) is 0 Å². The van der Waals surface area contributed by atoms with Crippen molar-refractivity contribution in [2.24, 2.45) is 34.3 Å². The third-order valence-corrected chi connectivity index (χ3v) is 7.98. The lowest BCUT2D eigenvalue weighted by atomic mass is 9.47. The first-order chi connectivity index (χ1) is 9.98. The van der Waals surface area contributed by atoms with Crippen molar-refractivity contribution in [2.75, 3.05) is 0 Å². The predicted octanol–water partition coefficient (Wildman–Crippen LogP) is 3.85. The van der Waals surface area contributed by atoms with E-state index in [1.165, 1.54) is 37.7 Å². The van der Waals surface area contributed by atoms with Crippen molar-refractivity contribution in [2.45, 2.75) is 71.3 Å². The first-order valence-corrected chi connectivity index (χ1v) is 8.96. The zero-order chi connectivity index (χ0) is 14.8. The van der Waals surface area contributed by atoms with Crippen LogP contribution in [0.2, 0.25) is 0 Å². The van der Waals surface area contributed by atoms with Gasteiger partial charge < -0.3 is 5.73 Å². The summed E-state index contributed by atoms with van der Waals surface area (Å²) in [6.07, 6.45) is 11.6. The van der Waals surface area contributed by atoms with Crippen LogP contribution in [-0.2, 0) is 4.79 Å². The van der Waals surface area contributed by atoms with E-state index in [1.807, 2.05) is 0 Å². The van der Waals surface area contributed by atoms with Gasteiger partial charge in [-0.15, -0.1) is 0 Å². The fourth-order valence-electron chi connectivity index (χ4n) is 6.55. The zero-order valence-electron chi connectivity index (χ0n) is 13.5. The molecule has 0 spiro atoms. The molecule has 6 atom stereocenters. The fourth-order valence-corrected chi connectivity index (χ4v) is 6.55. The molecule has 0 heterocycles. The van der Waals surface area contributed by atoms with Crippen LogP contribution in [0.15, 0.2) is 11.6 Å². The summed E-state index contributed by atoms with van der Waals surface area (Å²) in [5.41, 5.74) is 8.14. The number of fused-ring (bicyclic) bond motifs is 5. The summed E-state index contributed by atoms with van der Waals surface area (Å²) >= 11 is 0. The van der Waals surface area contributed by atoms with E-state index < -0.39 is 0 Å². The zero-order valence-corrected chi connectivity index (χ0v) is 13.5. The molecule has 4 aliphatic carbocycles. The van der Waals surface area contributed by atoms with Crippen LogP contribution in [0.3, 0.4) is 0 Å². The molecule has 4 aliphatic rings. The van der Waals surface area contributed by atoms with Gasteiger partial charge in [0.2, 0.25) is 0 Å². The maximum absolute atomic E-state index is 12.8. The highest BCUT2D eigenvalue weighted by atomic mass is 16.1. The molecule has 0 aliphatic heterocycles. The summed E-state index contributed by atoms with van der Waals surface area (Å²) < 4.78 is 0. The van der Waals surface area contributed by atoms with Crippen LogP contribution in [0.4, 0.5) is 0 Å². The SMILES string of the molecule is C[C@]12C(=O)CCCC1=CC[C@@H]1[C@@H]2CC[C@]2(C)[C@@H](N)CC[C@@H]12. The minimum atomic E-state index is -0.130. The van der Waals surface area contributed by atoms with Crippen LogP contribution >= 0.6 is 0 Å². The lowest BCUT2D eigenvalue weighted by Crippen LogP contribution is -2.54. The number of allylic oxidation sites excluding steroid dienone is 2. The Hall–Kier alpha value is -0.630. The van der Waals surface area contributed by atoms with Crippen molar-refractivity contribution in [3.63, 3.8) is 0 Å². The largest absolute Gasteiger partial charge is 0.327 e. The van der Waals surface area contributed by atoms with E-state index in [9.17, 15) is 4.79 Å². The van der Waals surface area contributed by atoms with E-state index in [1.54, 1.807) is 0 Å². The van der Waals surface area contributed by atoms with E-state index in [2.05, 4.69) is 19.9 Å². The molecule has 0 aromatic carbocycles. The topological polar surface area (TPSA) is 43.1 Å². The second-order valence-electron chi connectivity index (χ2n) is 8.55. The first-order valence-electron chi connectivity index (χ1n) is 8.96. The van der Waals surface area contributed by atoms with E-state index in [0.29, 0.717) is 29.1 Å². The molecule has 116 valence electrons. The molecule has 0 aromatic rings. The third kappa shape index (κ3) is 1.66. The number of rotatable bonds is 0. The Kier molecular flexibility index (Phi) is 2.96. The second kappa shape index (κ2) is 4.44. The molecule has 0 radical (unpaired) electrons. The Morgan fingerprint density at radius 3 is 2.76 bits per heavy atom. The minimum absolute atomic E-state index is 0.130. The molecule has 0 bridgehead atoms. The van der Waals surface area contributed by atoms with Gasteiger partial charge in [-0.05, 0) is 75.0 Å². The number of Topliss-reactive ketones (excluding diaryl/α,β-unsaturated/α-hetero) is 1. The molecule has 4 rings (SSSR count). The number of carbonyl (C=O) groups excluding carboxylic acids is 1. The monoisotopic (exact) mass is 287 g/mol. The maximum atomic E-state index is 12.8. The van der Waals surface area contributed by atoms with Gasteiger partial charge in [-0.3, -0.25) is 4.79 Å². The minimum Gasteiger partial charge on any atom is -0.327 e. The summed E-state index contributed by atoms with van der Waals surface area (Å²) in [6.45, 7) is 4.70. The van der Waals surface area contributed by atoms with Crippen molar-refractivity contribution >= 4 is 5.78 Å². The molecule has 3 fully saturated rings. The van der Waals surface area contributed by atoms with E-state index >= 15 is 0 Å². The quantitative estimate of drug-likeness (QED) is 0.688. The predicted molar refractivity (Wildman–Crippen MR) is 84.7 cm³/mol. The van der Waals surface area contributed by atoms with Gasteiger partial charge in [0.1, 0.15) is 5.78 Å². The van der Waals surface area contributed by atoms with Crippen molar-refractivity contribution < 1.29 is 4.79 Å². The van der Waals surface area contributed by atoms with Crippen molar-refractivity contribution in [3.05, 3.63) is 11.6 Å². The number of ketones is 1. The summed E-state index contributed by atoms with van der Waals surface area (Å²) in [7, 11) is 0. The lowest BCUT2D eigenvalue weighted by Gasteiger charge is -2.56. The van der Waals surface area contributed by atoms with Gasteiger partial charge in [-0.25, -0.2) is 0 Å². The lowest BCUT2D eigenvalue weighted by molar-refractivity contribution is -0.136. The Bertz CT molecular complexity index is 510. The van der Waals surface area contributed by atoms with Crippen LogP contribution in [-0.4, -0.2) is 11.8 Å². The Balaban J connectivity index is 1.74. The molecule has 3 saturated carbocycles.